The standard InChI is InChI=1S/C18H30N4O2.HI/c1-3-24-14-8-7-12-21-18(19-2)22-15-17(23)20-13-11-16-9-5-4-6-10-16;/h4-6,9-10H,3,7-8,11-15H2,1-2H3,(H,20,23)(H2,19,21,22);1H. The number of amides is 1. The van der Waals surface area contributed by atoms with Crippen LogP contribution in [0, 0.1) is 0 Å². The fourth-order valence-corrected chi connectivity index (χ4v) is 2.12. The summed E-state index contributed by atoms with van der Waals surface area (Å²) in [5, 5.41) is 9.10. The molecular weight excluding hydrogens is 431 g/mol. The molecule has 0 aliphatic carbocycles. The summed E-state index contributed by atoms with van der Waals surface area (Å²) in [4.78, 5) is 15.9. The lowest BCUT2D eigenvalue weighted by Crippen LogP contribution is -2.43. The van der Waals surface area contributed by atoms with Crippen molar-refractivity contribution < 1.29 is 9.53 Å². The lowest BCUT2D eigenvalue weighted by molar-refractivity contribution is -0.119. The Morgan fingerprint density at radius 2 is 1.84 bits per heavy atom. The predicted octanol–water partition coefficient (Wildman–Crippen LogP) is 1.95. The summed E-state index contributed by atoms with van der Waals surface area (Å²) in [5.41, 5.74) is 1.22. The van der Waals surface area contributed by atoms with Crippen LogP contribution in [0.25, 0.3) is 0 Å². The molecule has 1 aromatic rings. The maximum absolute atomic E-state index is 11.8. The maximum atomic E-state index is 11.8. The second-order valence-electron chi connectivity index (χ2n) is 5.34. The van der Waals surface area contributed by atoms with Crippen molar-refractivity contribution in [2.75, 3.05) is 39.9 Å². The van der Waals surface area contributed by atoms with E-state index in [4.69, 9.17) is 4.74 Å². The highest BCUT2D eigenvalue weighted by Gasteiger charge is 2.03. The number of halogens is 1. The van der Waals surface area contributed by atoms with E-state index < -0.39 is 0 Å². The largest absolute Gasteiger partial charge is 0.382 e. The van der Waals surface area contributed by atoms with Gasteiger partial charge < -0.3 is 20.7 Å². The molecule has 0 bridgehead atoms. The first-order chi connectivity index (χ1) is 11.8. The molecule has 1 rings (SSSR count). The van der Waals surface area contributed by atoms with Gasteiger partial charge in [-0.25, -0.2) is 0 Å². The van der Waals surface area contributed by atoms with Gasteiger partial charge in [0.05, 0.1) is 6.54 Å². The number of carbonyl (C=O) groups is 1. The van der Waals surface area contributed by atoms with Crippen LogP contribution in [-0.4, -0.2) is 51.8 Å². The smallest absolute Gasteiger partial charge is 0.239 e. The number of carbonyl (C=O) groups excluding carboxylic acids is 1. The quantitative estimate of drug-likeness (QED) is 0.204. The van der Waals surface area contributed by atoms with Gasteiger partial charge in [-0.2, -0.15) is 0 Å². The van der Waals surface area contributed by atoms with Crippen molar-refractivity contribution in [1.82, 2.24) is 16.0 Å². The summed E-state index contributed by atoms with van der Waals surface area (Å²) < 4.78 is 5.29. The number of unbranched alkanes of at least 4 members (excludes halogenated alkanes) is 1. The molecule has 0 atom stereocenters. The Morgan fingerprint density at radius 3 is 2.52 bits per heavy atom. The van der Waals surface area contributed by atoms with Gasteiger partial charge in [0.2, 0.25) is 5.91 Å². The summed E-state index contributed by atoms with van der Waals surface area (Å²) in [6, 6.07) is 10.1. The molecule has 0 spiro atoms. The first kappa shape index (κ1) is 23.6. The van der Waals surface area contributed by atoms with Crippen molar-refractivity contribution in [1.29, 1.82) is 0 Å². The van der Waals surface area contributed by atoms with Crippen LogP contribution in [0.2, 0.25) is 0 Å². The Kier molecular flexibility index (Phi) is 15.3. The third-order valence-electron chi connectivity index (χ3n) is 3.43. The Bertz CT molecular complexity index is 483. The predicted molar refractivity (Wildman–Crippen MR) is 114 cm³/mol. The van der Waals surface area contributed by atoms with E-state index in [0.29, 0.717) is 12.5 Å². The van der Waals surface area contributed by atoms with Crippen LogP contribution in [-0.2, 0) is 16.0 Å². The molecule has 0 saturated carbocycles. The molecule has 0 unspecified atom stereocenters. The zero-order valence-corrected chi connectivity index (χ0v) is 17.5. The van der Waals surface area contributed by atoms with Crippen LogP contribution >= 0.6 is 24.0 Å². The average Bonchev–Trinajstić information content (AvgIpc) is 2.61. The van der Waals surface area contributed by atoms with Gasteiger partial charge >= 0.3 is 0 Å². The lowest BCUT2D eigenvalue weighted by Gasteiger charge is -2.12. The zero-order valence-electron chi connectivity index (χ0n) is 15.2. The van der Waals surface area contributed by atoms with Crippen molar-refractivity contribution in [3.63, 3.8) is 0 Å². The molecule has 0 saturated heterocycles. The molecule has 0 aliphatic heterocycles. The average molecular weight is 462 g/mol. The van der Waals surface area contributed by atoms with Gasteiger partial charge in [-0.15, -0.1) is 24.0 Å². The van der Waals surface area contributed by atoms with Crippen molar-refractivity contribution in [2.24, 2.45) is 4.99 Å². The molecule has 0 aromatic heterocycles. The number of benzene rings is 1. The van der Waals surface area contributed by atoms with Crippen LogP contribution in [0.4, 0.5) is 0 Å². The van der Waals surface area contributed by atoms with Crippen LogP contribution in [0.5, 0.6) is 0 Å². The van der Waals surface area contributed by atoms with Crippen molar-refractivity contribution >= 4 is 35.8 Å². The molecule has 0 radical (unpaired) electrons. The Hall–Kier alpha value is -1.35. The van der Waals surface area contributed by atoms with Gasteiger partial charge in [0.1, 0.15) is 0 Å². The lowest BCUT2D eigenvalue weighted by atomic mass is 10.1. The minimum absolute atomic E-state index is 0. The third-order valence-corrected chi connectivity index (χ3v) is 3.43. The molecule has 0 aliphatic rings. The SMILES string of the molecule is CCOCCCCNC(=NC)NCC(=O)NCCc1ccccc1.I. The van der Waals surface area contributed by atoms with E-state index in [2.05, 4.69) is 33.1 Å². The molecule has 7 heteroatoms. The summed E-state index contributed by atoms with van der Waals surface area (Å²) >= 11 is 0. The second kappa shape index (κ2) is 16.1. The summed E-state index contributed by atoms with van der Waals surface area (Å²) in [7, 11) is 1.70. The topological polar surface area (TPSA) is 74.8 Å². The fourth-order valence-electron chi connectivity index (χ4n) is 2.12. The highest BCUT2D eigenvalue weighted by molar-refractivity contribution is 14.0. The van der Waals surface area contributed by atoms with E-state index in [1.54, 1.807) is 7.05 Å². The van der Waals surface area contributed by atoms with Gasteiger partial charge in [-0.3, -0.25) is 9.79 Å². The minimum atomic E-state index is -0.0368. The van der Waals surface area contributed by atoms with E-state index in [0.717, 1.165) is 39.0 Å². The van der Waals surface area contributed by atoms with Crippen LogP contribution in [0.3, 0.4) is 0 Å². The van der Waals surface area contributed by atoms with E-state index in [1.165, 1.54) is 5.56 Å². The maximum Gasteiger partial charge on any atom is 0.239 e. The number of hydrogen-bond donors (Lipinski definition) is 3. The van der Waals surface area contributed by atoms with Crippen LogP contribution < -0.4 is 16.0 Å². The summed E-state index contributed by atoms with van der Waals surface area (Å²) in [6.07, 6.45) is 2.85. The molecule has 3 N–H and O–H groups in total. The Morgan fingerprint density at radius 1 is 1.08 bits per heavy atom. The summed E-state index contributed by atoms with van der Waals surface area (Å²) in [5.74, 6) is 0.606. The second-order valence-corrected chi connectivity index (χ2v) is 5.34. The summed E-state index contributed by atoms with van der Waals surface area (Å²) in [6.45, 7) is 5.20. The Balaban J connectivity index is 0.00000576. The van der Waals surface area contributed by atoms with E-state index in [9.17, 15) is 4.79 Å². The Labute approximate surface area is 168 Å². The van der Waals surface area contributed by atoms with Gasteiger partial charge in [-0.05, 0) is 31.7 Å². The molecule has 0 heterocycles. The molecule has 0 fully saturated rings. The minimum Gasteiger partial charge on any atom is -0.382 e. The normalized spacial score (nSPS) is 10.7. The third kappa shape index (κ3) is 12.6. The molecule has 142 valence electrons. The van der Waals surface area contributed by atoms with Crippen LogP contribution in [0.15, 0.2) is 35.3 Å². The number of ether oxygens (including phenoxy) is 1. The fraction of sp³-hybridized carbons (Fsp3) is 0.556. The first-order valence-corrected chi connectivity index (χ1v) is 8.59. The van der Waals surface area contributed by atoms with Gasteiger partial charge in [-0.1, -0.05) is 30.3 Å². The number of rotatable bonds is 11. The molecule has 1 amide bonds. The number of nitrogens with one attached hydrogen (secondary N) is 3. The van der Waals surface area contributed by atoms with Gasteiger partial charge in [0.25, 0.3) is 0 Å². The zero-order chi connectivity index (χ0) is 17.5. The number of guanidine groups is 1. The van der Waals surface area contributed by atoms with E-state index >= 15 is 0 Å². The molecular formula is C18H31IN4O2. The first-order valence-electron chi connectivity index (χ1n) is 8.59. The monoisotopic (exact) mass is 462 g/mol. The number of nitrogens with zero attached hydrogens (tertiary/aromatic N) is 1. The van der Waals surface area contributed by atoms with Crippen molar-refractivity contribution in [2.45, 2.75) is 26.2 Å². The van der Waals surface area contributed by atoms with E-state index in [-0.39, 0.29) is 36.4 Å². The van der Waals surface area contributed by atoms with Gasteiger partial charge in [0.15, 0.2) is 5.96 Å². The highest BCUT2D eigenvalue weighted by Crippen LogP contribution is 1.97. The van der Waals surface area contributed by atoms with E-state index in [1.807, 2.05) is 25.1 Å². The molecule has 6 nitrogen and oxygen atoms in total. The molecule has 25 heavy (non-hydrogen) atoms. The highest BCUT2D eigenvalue weighted by atomic mass is 127. The van der Waals surface area contributed by atoms with Crippen LogP contribution in [0.1, 0.15) is 25.3 Å². The molecule has 1 aromatic carbocycles. The number of aliphatic imine (C=N–C) groups is 1. The van der Waals surface area contributed by atoms with Crippen molar-refractivity contribution in [3.05, 3.63) is 35.9 Å². The van der Waals surface area contributed by atoms with Crippen molar-refractivity contribution in [3.8, 4) is 0 Å². The van der Waals surface area contributed by atoms with Gasteiger partial charge in [0, 0.05) is 33.4 Å². The number of hydrogen-bond acceptors (Lipinski definition) is 3.